The van der Waals surface area contributed by atoms with Crippen LogP contribution in [-0.2, 0) is 0 Å². The van der Waals surface area contributed by atoms with Crippen molar-refractivity contribution >= 4 is 35.2 Å². The number of benzene rings is 1. The standard InChI is InChI=1S/C15H16Cl2N4O2/c1-21(15(22)23)8-2-6-18-14-19-7-5-13(20-14)11-4-3-10(16)9-12(11)17/h3-5,7,9H,2,6,8H2,1H3,(H,22,23)(H,18,19,20). The van der Waals surface area contributed by atoms with Crippen LogP contribution in [0, 0.1) is 0 Å². The zero-order valence-electron chi connectivity index (χ0n) is 12.5. The largest absolute Gasteiger partial charge is 0.465 e. The molecule has 0 aliphatic carbocycles. The molecule has 0 bridgehead atoms. The number of halogens is 2. The summed E-state index contributed by atoms with van der Waals surface area (Å²) in [5.74, 6) is 0.464. The second-order valence-electron chi connectivity index (χ2n) is 4.87. The number of nitrogens with one attached hydrogen (secondary N) is 1. The monoisotopic (exact) mass is 354 g/mol. The van der Waals surface area contributed by atoms with E-state index in [0.717, 1.165) is 5.56 Å². The maximum atomic E-state index is 10.7. The van der Waals surface area contributed by atoms with Gasteiger partial charge in [0.1, 0.15) is 0 Å². The molecule has 1 aromatic carbocycles. The zero-order chi connectivity index (χ0) is 16.8. The van der Waals surface area contributed by atoms with Crippen LogP contribution in [0.4, 0.5) is 10.7 Å². The quantitative estimate of drug-likeness (QED) is 0.770. The van der Waals surface area contributed by atoms with Crippen LogP contribution in [0.25, 0.3) is 11.3 Å². The predicted octanol–water partition coefficient (Wildman–Crippen LogP) is 3.86. The third-order valence-electron chi connectivity index (χ3n) is 3.14. The van der Waals surface area contributed by atoms with E-state index in [1.54, 1.807) is 30.5 Å². The van der Waals surface area contributed by atoms with Crippen LogP contribution in [-0.4, -0.2) is 46.2 Å². The Morgan fingerprint density at radius 1 is 1.35 bits per heavy atom. The van der Waals surface area contributed by atoms with Gasteiger partial charge in [-0.05, 0) is 30.7 Å². The van der Waals surface area contributed by atoms with Crippen LogP contribution in [0.1, 0.15) is 6.42 Å². The lowest BCUT2D eigenvalue weighted by atomic mass is 10.1. The van der Waals surface area contributed by atoms with Gasteiger partial charge in [-0.2, -0.15) is 0 Å². The van der Waals surface area contributed by atoms with E-state index < -0.39 is 6.09 Å². The first-order chi connectivity index (χ1) is 11.0. The van der Waals surface area contributed by atoms with Crippen LogP contribution in [0.15, 0.2) is 30.5 Å². The molecule has 2 rings (SSSR count). The third-order valence-corrected chi connectivity index (χ3v) is 3.69. The van der Waals surface area contributed by atoms with Gasteiger partial charge in [0.2, 0.25) is 5.95 Å². The lowest BCUT2D eigenvalue weighted by Crippen LogP contribution is -2.27. The molecule has 0 radical (unpaired) electrons. The molecule has 1 amide bonds. The third kappa shape index (κ3) is 4.97. The molecule has 2 N–H and O–H groups in total. The minimum absolute atomic E-state index is 0.436. The molecule has 8 heteroatoms. The van der Waals surface area contributed by atoms with E-state index >= 15 is 0 Å². The number of nitrogens with zero attached hydrogens (tertiary/aromatic N) is 3. The summed E-state index contributed by atoms with van der Waals surface area (Å²) in [6, 6.07) is 6.98. The summed E-state index contributed by atoms with van der Waals surface area (Å²) in [6.45, 7) is 1.00. The highest BCUT2D eigenvalue weighted by Crippen LogP contribution is 2.29. The minimum atomic E-state index is -0.944. The van der Waals surface area contributed by atoms with Crippen LogP contribution >= 0.6 is 23.2 Å². The van der Waals surface area contributed by atoms with Gasteiger partial charge in [0.05, 0.1) is 10.7 Å². The Kier molecular flexibility index (Phi) is 6.01. The molecular formula is C15H16Cl2N4O2. The van der Waals surface area contributed by atoms with Gasteiger partial charge < -0.3 is 15.3 Å². The molecule has 0 aliphatic heterocycles. The minimum Gasteiger partial charge on any atom is -0.465 e. The highest BCUT2D eigenvalue weighted by Gasteiger charge is 2.08. The molecule has 6 nitrogen and oxygen atoms in total. The molecule has 0 aliphatic rings. The fourth-order valence-electron chi connectivity index (χ4n) is 1.90. The fourth-order valence-corrected chi connectivity index (χ4v) is 2.41. The van der Waals surface area contributed by atoms with Gasteiger partial charge in [0, 0.05) is 36.9 Å². The number of hydrogen-bond donors (Lipinski definition) is 2. The molecular weight excluding hydrogens is 339 g/mol. The Hall–Kier alpha value is -2.05. The maximum Gasteiger partial charge on any atom is 0.407 e. The normalized spacial score (nSPS) is 10.4. The van der Waals surface area contributed by atoms with Crippen molar-refractivity contribution < 1.29 is 9.90 Å². The molecule has 0 saturated heterocycles. The second kappa shape index (κ2) is 7.99. The average Bonchev–Trinajstić information content (AvgIpc) is 2.51. The van der Waals surface area contributed by atoms with Crippen molar-refractivity contribution in [1.29, 1.82) is 0 Å². The number of hydrogen-bond acceptors (Lipinski definition) is 4. The van der Waals surface area contributed by atoms with Crippen molar-refractivity contribution in [3.05, 3.63) is 40.5 Å². The number of rotatable bonds is 6. The average molecular weight is 355 g/mol. The Labute approximate surface area is 144 Å². The summed E-state index contributed by atoms with van der Waals surface area (Å²) in [4.78, 5) is 20.5. The van der Waals surface area contributed by atoms with Crippen molar-refractivity contribution in [3.63, 3.8) is 0 Å². The van der Waals surface area contributed by atoms with Crippen molar-refractivity contribution in [2.75, 3.05) is 25.5 Å². The molecule has 2 aromatic rings. The Balaban J connectivity index is 1.99. The van der Waals surface area contributed by atoms with Crippen molar-refractivity contribution in [2.24, 2.45) is 0 Å². The summed E-state index contributed by atoms with van der Waals surface area (Å²) in [5, 5.41) is 12.9. The van der Waals surface area contributed by atoms with E-state index in [2.05, 4.69) is 15.3 Å². The van der Waals surface area contributed by atoms with Crippen LogP contribution in [0.3, 0.4) is 0 Å². The smallest absolute Gasteiger partial charge is 0.407 e. The van der Waals surface area contributed by atoms with Gasteiger partial charge in [0.15, 0.2) is 0 Å². The SMILES string of the molecule is CN(CCCNc1nccc(-c2ccc(Cl)cc2Cl)n1)C(=O)O. The first-order valence-electron chi connectivity index (χ1n) is 6.94. The molecule has 1 aromatic heterocycles. The van der Waals surface area contributed by atoms with Crippen molar-refractivity contribution in [2.45, 2.75) is 6.42 Å². The van der Waals surface area contributed by atoms with Crippen LogP contribution in [0.2, 0.25) is 10.0 Å². The lowest BCUT2D eigenvalue weighted by molar-refractivity contribution is 0.156. The van der Waals surface area contributed by atoms with Gasteiger partial charge in [0.25, 0.3) is 0 Å². The highest BCUT2D eigenvalue weighted by atomic mass is 35.5. The summed E-state index contributed by atoms with van der Waals surface area (Å²) in [6.07, 6.45) is 1.34. The van der Waals surface area contributed by atoms with E-state index in [0.29, 0.717) is 41.2 Å². The van der Waals surface area contributed by atoms with Gasteiger partial charge in [-0.3, -0.25) is 0 Å². The molecule has 1 heterocycles. The second-order valence-corrected chi connectivity index (χ2v) is 5.72. The molecule has 0 fully saturated rings. The Bertz CT molecular complexity index is 697. The van der Waals surface area contributed by atoms with E-state index in [-0.39, 0.29) is 0 Å². The number of carboxylic acid groups (broad SMARTS) is 1. The zero-order valence-corrected chi connectivity index (χ0v) is 14.0. The molecule has 0 spiro atoms. The van der Waals surface area contributed by atoms with E-state index in [9.17, 15) is 4.79 Å². The molecule has 0 unspecified atom stereocenters. The number of amides is 1. The highest BCUT2D eigenvalue weighted by molar-refractivity contribution is 6.36. The summed E-state index contributed by atoms with van der Waals surface area (Å²) in [7, 11) is 1.53. The van der Waals surface area contributed by atoms with E-state index in [1.807, 2.05) is 0 Å². The first kappa shape index (κ1) is 17.3. The van der Waals surface area contributed by atoms with Crippen LogP contribution in [0.5, 0.6) is 0 Å². The molecule has 0 saturated carbocycles. The van der Waals surface area contributed by atoms with E-state index in [1.165, 1.54) is 11.9 Å². The number of anilines is 1. The summed E-state index contributed by atoms with van der Waals surface area (Å²) in [5.41, 5.74) is 1.46. The van der Waals surface area contributed by atoms with Crippen molar-refractivity contribution in [1.82, 2.24) is 14.9 Å². The molecule has 122 valence electrons. The van der Waals surface area contributed by atoms with E-state index in [4.69, 9.17) is 28.3 Å². The summed E-state index contributed by atoms with van der Waals surface area (Å²) < 4.78 is 0. The van der Waals surface area contributed by atoms with Gasteiger partial charge in [-0.15, -0.1) is 0 Å². The van der Waals surface area contributed by atoms with Gasteiger partial charge in [-0.25, -0.2) is 14.8 Å². The summed E-state index contributed by atoms with van der Waals surface area (Å²) >= 11 is 12.1. The first-order valence-corrected chi connectivity index (χ1v) is 7.69. The lowest BCUT2D eigenvalue weighted by Gasteiger charge is -2.13. The van der Waals surface area contributed by atoms with Crippen LogP contribution < -0.4 is 5.32 Å². The fraction of sp³-hybridized carbons (Fsp3) is 0.267. The predicted molar refractivity (Wildman–Crippen MR) is 91.2 cm³/mol. The van der Waals surface area contributed by atoms with Gasteiger partial charge >= 0.3 is 6.09 Å². The number of aromatic nitrogens is 2. The Morgan fingerprint density at radius 2 is 2.13 bits per heavy atom. The topological polar surface area (TPSA) is 78.3 Å². The Morgan fingerprint density at radius 3 is 2.83 bits per heavy atom. The van der Waals surface area contributed by atoms with Crippen molar-refractivity contribution in [3.8, 4) is 11.3 Å². The molecule has 23 heavy (non-hydrogen) atoms. The number of carbonyl (C=O) groups is 1. The van der Waals surface area contributed by atoms with Gasteiger partial charge in [-0.1, -0.05) is 23.2 Å². The maximum absolute atomic E-state index is 10.7. The molecule has 0 atom stereocenters.